The van der Waals surface area contributed by atoms with E-state index < -0.39 is 0 Å². The Morgan fingerprint density at radius 2 is 1.80 bits per heavy atom. The van der Waals surface area contributed by atoms with Gasteiger partial charge in [0.2, 0.25) is 0 Å². The van der Waals surface area contributed by atoms with Crippen molar-refractivity contribution in [3.05, 3.63) is 71.0 Å². The van der Waals surface area contributed by atoms with Gasteiger partial charge in [-0.05, 0) is 36.4 Å². The Kier molecular flexibility index (Phi) is 5.00. The van der Waals surface area contributed by atoms with E-state index >= 15 is 0 Å². The van der Waals surface area contributed by atoms with Gasteiger partial charge in [0.15, 0.2) is 0 Å². The van der Waals surface area contributed by atoms with Gasteiger partial charge in [0.25, 0.3) is 0 Å². The molecule has 4 nitrogen and oxygen atoms in total. The first-order valence-corrected chi connectivity index (χ1v) is 8.60. The van der Waals surface area contributed by atoms with Crippen molar-refractivity contribution in [1.82, 2.24) is 10.2 Å². The van der Waals surface area contributed by atoms with Crippen molar-refractivity contribution < 1.29 is 4.74 Å². The number of aromatic amines is 1. The number of nitrogens with one attached hydrogen (secondary N) is 2. The van der Waals surface area contributed by atoms with Gasteiger partial charge < -0.3 is 10.1 Å². The Hall–Kier alpha value is -2.46. The summed E-state index contributed by atoms with van der Waals surface area (Å²) in [5.41, 5.74) is 3.38. The fraction of sp³-hybridized carbons (Fsp3) is 0.250. The lowest BCUT2D eigenvalue weighted by molar-refractivity contribution is 0.483. The highest BCUT2D eigenvalue weighted by molar-refractivity contribution is 6.32. The molecule has 1 aromatic heterocycles. The molecule has 130 valence electrons. The minimum Gasteiger partial charge on any atom is -0.456 e. The van der Waals surface area contributed by atoms with Crippen molar-refractivity contribution in [3.63, 3.8) is 0 Å². The minimum atomic E-state index is 0.0418. The average molecular weight is 356 g/mol. The Morgan fingerprint density at radius 3 is 2.48 bits per heavy atom. The van der Waals surface area contributed by atoms with E-state index in [0.29, 0.717) is 17.3 Å². The van der Waals surface area contributed by atoms with Crippen LogP contribution in [-0.4, -0.2) is 10.2 Å². The number of hydrogen-bond acceptors (Lipinski definition) is 3. The molecule has 2 aromatic carbocycles. The number of anilines is 1. The van der Waals surface area contributed by atoms with Crippen LogP contribution in [0.15, 0.2) is 54.7 Å². The van der Waals surface area contributed by atoms with Crippen LogP contribution in [0.4, 0.5) is 5.69 Å². The maximum Gasteiger partial charge on any atom is 0.146 e. The topological polar surface area (TPSA) is 49.9 Å². The summed E-state index contributed by atoms with van der Waals surface area (Å²) in [7, 11) is 0. The van der Waals surface area contributed by atoms with Gasteiger partial charge in [0.05, 0.1) is 11.2 Å². The highest BCUT2D eigenvalue weighted by atomic mass is 35.5. The van der Waals surface area contributed by atoms with Crippen molar-refractivity contribution in [2.45, 2.75) is 32.7 Å². The molecule has 0 aliphatic heterocycles. The molecule has 0 fully saturated rings. The lowest BCUT2D eigenvalue weighted by atomic mass is 9.89. The highest BCUT2D eigenvalue weighted by Crippen LogP contribution is 2.29. The fourth-order valence-corrected chi connectivity index (χ4v) is 2.76. The molecule has 0 amide bonds. The van der Waals surface area contributed by atoms with E-state index in [9.17, 15) is 0 Å². The second-order valence-electron chi connectivity index (χ2n) is 6.93. The zero-order valence-corrected chi connectivity index (χ0v) is 15.4. The molecule has 25 heavy (non-hydrogen) atoms. The molecule has 0 spiro atoms. The SMILES string of the molecule is CC(C)(C)c1[nH]ncc1CNc1ccc(Oc2ccccc2Cl)cc1. The van der Waals surface area contributed by atoms with E-state index in [1.807, 2.05) is 54.7 Å². The Morgan fingerprint density at radius 1 is 1.08 bits per heavy atom. The van der Waals surface area contributed by atoms with Crippen LogP contribution in [0.5, 0.6) is 11.5 Å². The quantitative estimate of drug-likeness (QED) is 0.611. The molecular weight excluding hydrogens is 334 g/mol. The lowest BCUT2D eigenvalue weighted by Crippen LogP contribution is -2.15. The fourth-order valence-electron chi connectivity index (χ4n) is 2.59. The Labute approximate surface area is 153 Å². The number of hydrogen-bond donors (Lipinski definition) is 2. The molecule has 0 aliphatic rings. The van der Waals surface area contributed by atoms with E-state index in [2.05, 4.69) is 36.3 Å². The van der Waals surface area contributed by atoms with Gasteiger partial charge in [-0.3, -0.25) is 5.10 Å². The van der Waals surface area contributed by atoms with Crippen LogP contribution in [0.2, 0.25) is 5.02 Å². The summed E-state index contributed by atoms with van der Waals surface area (Å²) in [5.74, 6) is 1.40. The van der Waals surface area contributed by atoms with Crippen LogP contribution >= 0.6 is 11.6 Å². The molecule has 0 radical (unpaired) electrons. The van der Waals surface area contributed by atoms with Gasteiger partial charge in [0.1, 0.15) is 11.5 Å². The molecular formula is C20H22ClN3O. The van der Waals surface area contributed by atoms with E-state index in [1.54, 1.807) is 0 Å². The summed E-state index contributed by atoms with van der Waals surface area (Å²) in [6, 6.07) is 15.3. The zero-order chi connectivity index (χ0) is 17.9. The summed E-state index contributed by atoms with van der Waals surface area (Å²) in [6.45, 7) is 7.23. The number of ether oxygens (including phenoxy) is 1. The van der Waals surface area contributed by atoms with Crippen molar-refractivity contribution >= 4 is 17.3 Å². The highest BCUT2D eigenvalue weighted by Gasteiger charge is 2.19. The zero-order valence-electron chi connectivity index (χ0n) is 14.6. The Balaban J connectivity index is 1.64. The molecule has 1 heterocycles. The van der Waals surface area contributed by atoms with Gasteiger partial charge >= 0.3 is 0 Å². The molecule has 5 heteroatoms. The molecule has 0 saturated heterocycles. The van der Waals surface area contributed by atoms with Crippen LogP contribution in [0.25, 0.3) is 0 Å². The van der Waals surface area contributed by atoms with Gasteiger partial charge in [-0.2, -0.15) is 5.10 Å². The van der Waals surface area contributed by atoms with Crippen molar-refractivity contribution in [2.24, 2.45) is 0 Å². The number of nitrogens with zero attached hydrogens (tertiary/aromatic N) is 1. The molecule has 0 unspecified atom stereocenters. The third-order valence-corrected chi connectivity index (χ3v) is 4.18. The normalized spacial score (nSPS) is 11.4. The molecule has 2 N–H and O–H groups in total. The monoisotopic (exact) mass is 355 g/mol. The summed E-state index contributed by atoms with van der Waals surface area (Å²) < 4.78 is 5.80. The second-order valence-corrected chi connectivity index (χ2v) is 7.34. The maximum atomic E-state index is 6.12. The predicted octanol–water partition coefficient (Wildman–Crippen LogP) is 5.77. The largest absolute Gasteiger partial charge is 0.456 e. The molecule has 0 aliphatic carbocycles. The predicted molar refractivity (Wildman–Crippen MR) is 103 cm³/mol. The summed E-state index contributed by atoms with van der Waals surface area (Å²) in [6.07, 6.45) is 1.88. The van der Waals surface area contributed by atoms with Crippen molar-refractivity contribution in [3.8, 4) is 11.5 Å². The van der Waals surface area contributed by atoms with E-state index in [0.717, 1.165) is 17.1 Å². The number of benzene rings is 2. The summed E-state index contributed by atoms with van der Waals surface area (Å²) in [5, 5.41) is 11.3. The van der Waals surface area contributed by atoms with Crippen molar-refractivity contribution in [1.29, 1.82) is 0 Å². The summed E-state index contributed by atoms with van der Waals surface area (Å²) in [4.78, 5) is 0. The first-order chi connectivity index (χ1) is 11.9. The first-order valence-electron chi connectivity index (χ1n) is 8.22. The number of halogens is 1. The van der Waals surface area contributed by atoms with Crippen LogP contribution < -0.4 is 10.1 Å². The first kappa shape index (κ1) is 17.4. The third-order valence-electron chi connectivity index (χ3n) is 3.87. The summed E-state index contributed by atoms with van der Waals surface area (Å²) >= 11 is 6.12. The molecule has 3 aromatic rings. The van der Waals surface area contributed by atoms with Crippen LogP contribution in [-0.2, 0) is 12.0 Å². The maximum absolute atomic E-state index is 6.12. The minimum absolute atomic E-state index is 0.0418. The molecule has 0 atom stereocenters. The standard InChI is InChI=1S/C20H22ClN3O/c1-20(2,3)19-14(13-23-24-19)12-22-15-8-10-16(11-9-15)25-18-7-5-4-6-17(18)21/h4-11,13,22H,12H2,1-3H3,(H,23,24). The number of para-hydroxylation sites is 1. The lowest BCUT2D eigenvalue weighted by Gasteiger charge is -2.18. The molecule has 3 rings (SSSR count). The van der Waals surface area contributed by atoms with Crippen LogP contribution in [0.1, 0.15) is 32.0 Å². The number of aromatic nitrogens is 2. The number of rotatable bonds is 5. The molecule has 0 bridgehead atoms. The second kappa shape index (κ2) is 7.19. The van der Waals surface area contributed by atoms with Gasteiger partial charge in [-0.25, -0.2) is 0 Å². The molecule has 0 saturated carbocycles. The smallest absolute Gasteiger partial charge is 0.146 e. The van der Waals surface area contributed by atoms with E-state index in [-0.39, 0.29) is 5.41 Å². The Bertz CT molecular complexity index is 835. The van der Waals surface area contributed by atoms with Gasteiger partial charge in [-0.1, -0.05) is 44.5 Å². The van der Waals surface area contributed by atoms with Gasteiger partial charge in [0, 0.05) is 28.9 Å². The van der Waals surface area contributed by atoms with Crippen LogP contribution in [0.3, 0.4) is 0 Å². The average Bonchev–Trinajstić information content (AvgIpc) is 3.05. The van der Waals surface area contributed by atoms with E-state index in [1.165, 1.54) is 5.56 Å². The van der Waals surface area contributed by atoms with Crippen LogP contribution in [0, 0.1) is 0 Å². The van der Waals surface area contributed by atoms with E-state index in [4.69, 9.17) is 16.3 Å². The van der Waals surface area contributed by atoms with Gasteiger partial charge in [-0.15, -0.1) is 0 Å². The number of H-pyrrole nitrogens is 1. The van der Waals surface area contributed by atoms with Crippen molar-refractivity contribution in [2.75, 3.05) is 5.32 Å². The third kappa shape index (κ3) is 4.34.